The van der Waals surface area contributed by atoms with Gasteiger partial charge in [0.25, 0.3) is 0 Å². The van der Waals surface area contributed by atoms with E-state index in [0.717, 1.165) is 25.9 Å². The Labute approximate surface area is 105 Å². The predicted octanol–water partition coefficient (Wildman–Crippen LogP) is 2.96. The zero-order chi connectivity index (χ0) is 13.1. The second kappa shape index (κ2) is 6.17. The fraction of sp³-hybridized carbons (Fsp3) is 1.00. The largest absolute Gasteiger partial charge is 0.393 e. The Morgan fingerprint density at radius 2 is 2.00 bits per heavy atom. The lowest BCUT2D eigenvalue weighted by atomic mass is 9.95. The van der Waals surface area contributed by atoms with E-state index in [1.54, 1.807) is 0 Å². The molecule has 1 heterocycles. The van der Waals surface area contributed by atoms with E-state index in [9.17, 15) is 5.11 Å². The predicted molar refractivity (Wildman–Crippen MR) is 68.8 cm³/mol. The van der Waals surface area contributed by atoms with Gasteiger partial charge in [0.15, 0.2) is 5.79 Å². The van der Waals surface area contributed by atoms with Gasteiger partial charge in [-0.05, 0) is 39.0 Å². The first kappa shape index (κ1) is 14.9. The summed E-state index contributed by atoms with van der Waals surface area (Å²) >= 11 is 0. The van der Waals surface area contributed by atoms with Gasteiger partial charge in [-0.3, -0.25) is 0 Å². The van der Waals surface area contributed by atoms with Gasteiger partial charge in [-0.1, -0.05) is 20.8 Å². The van der Waals surface area contributed by atoms with Crippen molar-refractivity contribution in [2.24, 2.45) is 11.8 Å². The average molecular weight is 244 g/mol. The summed E-state index contributed by atoms with van der Waals surface area (Å²) in [6.45, 7) is 11.0. The first-order valence-electron chi connectivity index (χ1n) is 6.81. The van der Waals surface area contributed by atoms with Crippen LogP contribution in [0.25, 0.3) is 0 Å². The SMILES string of the molecule is CC(C)[C@H](O)CCC[C@H]1OC(C)(C)OC[C@@H]1C. The summed E-state index contributed by atoms with van der Waals surface area (Å²) in [7, 11) is 0. The molecule has 0 aromatic heterocycles. The highest BCUT2D eigenvalue weighted by atomic mass is 16.7. The van der Waals surface area contributed by atoms with Crippen LogP contribution in [-0.2, 0) is 9.47 Å². The van der Waals surface area contributed by atoms with Crippen LogP contribution >= 0.6 is 0 Å². The van der Waals surface area contributed by atoms with Crippen LogP contribution in [0.15, 0.2) is 0 Å². The molecule has 1 aliphatic rings. The molecule has 1 N–H and O–H groups in total. The number of aliphatic hydroxyl groups excluding tert-OH is 1. The van der Waals surface area contributed by atoms with Crippen molar-refractivity contribution >= 4 is 0 Å². The minimum Gasteiger partial charge on any atom is -0.393 e. The lowest BCUT2D eigenvalue weighted by Crippen LogP contribution is -2.44. The van der Waals surface area contributed by atoms with Crippen molar-refractivity contribution in [2.75, 3.05) is 6.61 Å². The number of ether oxygens (including phenoxy) is 2. The van der Waals surface area contributed by atoms with E-state index in [2.05, 4.69) is 20.8 Å². The van der Waals surface area contributed by atoms with Gasteiger partial charge in [-0.25, -0.2) is 0 Å². The molecule has 1 rings (SSSR count). The molecule has 1 saturated heterocycles. The summed E-state index contributed by atoms with van der Waals surface area (Å²) < 4.78 is 11.5. The minimum absolute atomic E-state index is 0.182. The molecular formula is C14H28O3. The van der Waals surface area contributed by atoms with E-state index in [4.69, 9.17) is 9.47 Å². The summed E-state index contributed by atoms with van der Waals surface area (Å²) in [5.41, 5.74) is 0. The second-order valence-electron chi connectivity index (χ2n) is 6.09. The minimum atomic E-state index is -0.451. The Morgan fingerprint density at radius 1 is 1.35 bits per heavy atom. The first-order chi connectivity index (χ1) is 7.82. The highest BCUT2D eigenvalue weighted by molar-refractivity contribution is 4.75. The van der Waals surface area contributed by atoms with Gasteiger partial charge >= 0.3 is 0 Å². The van der Waals surface area contributed by atoms with Crippen LogP contribution in [0, 0.1) is 11.8 Å². The Morgan fingerprint density at radius 3 is 2.59 bits per heavy atom. The molecule has 0 bridgehead atoms. The van der Waals surface area contributed by atoms with E-state index in [1.165, 1.54) is 0 Å². The summed E-state index contributed by atoms with van der Waals surface area (Å²) in [6, 6.07) is 0. The lowest BCUT2D eigenvalue weighted by molar-refractivity contribution is -0.291. The van der Waals surface area contributed by atoms with Gasteiger partial charge in [-0.15, -0.1) is 0 Å². The monoisotopic (exact) mass is 244 g/mol. The average Bonchev–Trinajstić information content (AvgIpc) is 2.22. The normalized spacial score (nSPS) is 30.5. The third-order valence-corrected chi connectivity index (χ3v) is 3.52. The van der Waals surface area contributed by atoms with E-state index >= 15 is 0 Å². The number of hydrogen-bond donors (Lipinski definition) is 1. The van der Waals surface area contributed by atoms with Crippen molar-refractivity contribution < 1.29 is 14.6 Å². The van der Waals surface area contributed by atoms with Gasteiger partial charge < -0.3 is 14.6 Å². The van der Waals surface area contributed by atoms with Crippen LogP contribution in [0.5, 0.6) is 0 Å². The van der Waals surface area contributed by atoms with Crippen LogP contribution in [0.1, 0.15) is 53.9 Å². The Hall–Kier alpha value is -0.120. The third kappa shape index (κ3) is 4.94. The molecule has 1 fully saturated rings. The van der Waals surface area contributed by atoms with Crippen molar-refractivity contribution in [3.05, 3.63) is 0 Å². The number of hydrogen-bond acceptors (Lipinski definition) is 3. The Bertz CT molecular complexity index is 226. The van der Waals surface area contributed by atoms with Crippen molar-refractivity contribution in [1.82, 2.24) is 0 Å². The first-order valence-corrected chi connectivity index (χ1v) is 6.81. The fourth-order valence-corrected chi connectivity index (χ4v) is 2.16. The molecule has 1 aliphatic heterocycles. The van der Waals surface area contributed by atoms with E-state index in [-0.39, 0.29) is 12.2 Å². The molecule has 3 atom stereocenters. The molecule has 0 radical (unpaired) electrons. The molecule has 0 amide bonds. The van der Waals surface area contributed by atoms with Gasteiger partial charge in [0.05, 0.1) is 18.8 Å². The van der Waals surface area contributed by atoms with Crippen molar-refractivity contribution in [1.29, 1.82) is 0 Å². The van der Waals surface area contributed by atoms with E-state index in [1.807, 2.05) is 13.8 Å². The van der Waals surface area contributed by atoms with Crippen LogP contribution < -0.4 is 0 Å². The summed E-state index contributed by atoms with van der Waals surface area (Å²) in [5.74, 6) is 0.340. The topological polar surface area (TPSA) is 38.7 Å². The van der Waals surface area contributed by atoms with Crippen LogP contribution in [0.4, 0.5) is 0 Å². The highest BCUT2D eigenvalue weighted by Gasteiger charge is 2.33. The fourth-order valence-electron chi connectivity index (χ4n) is 2.16. The highest BCUT2D eigenvalue weighted by Crippen LogP contribution is 2.29. The van der Waals surface area contributed by atoms with Crippen molar-refractivity contribution in [2.45, 2.75) is 71.9 Å². The van der Waals surface area contributed by atoms with Gasteiger partial charge in [0, 0.05) is 5.92 Å². The molecule has 0 aromatic rings. The molecule has 0 saturated carbocycles. The number of rotatable bonds is 5. The maximum atomic E-state index is 9.76. The molecule has 3 nitrogen and oxygen atoms in total. The maximum absolute atomic E-state index is 9.76. The molecule has 0 aliphatic carbocycles. The van der Waals surface area contributed by atoms with E-state index in [0.29, 0.717) is 11.8 Å². The number of aliphatic hydroxyl groups is 1. The molecule has 0 aromatic carbocycles. The summed E-state index contributed by atoms with van der Waals surface area (Å²) in [6.07, 6.45) is 2.98. The standard InChI is InChI=1S/C14H28O3/c1-10(2)12(15)7-6-8-13-11(3)9-16-14(4,5)17-13/h10-13,15H,6-9H2,1-5H3/t11-,12+,13+/m0/s1. The van der Waals surface area contributed by atoms with Crippen LogP contribution in [-0.4, -0.2) is 29.7 Å². The quantitative estimate of drug-likeness (QED) is 0.808. The Balaban J connectivity index is 2.30. The Kier molecular flexibility index (Phi) is 5.42. The smallest absolute Gasteiger partial charge is 0.163 e. The molecule has 17 heavy (non-hydrogen) atoms. The lowest BCUT2D eigenvalue weighted by Gasteiger charge is -2.40. The van der Waals surface area contributed by atoms with Gasteiger partial charge in [0.2, 0.25) is 0 Å². The third-order valence-electron chi connectivity index (χ3n) is 3.52. The summed E-state index contributed by atoms with van der Waals surface area (Å²) in [5, 5.41) is 9.76. The molecule has 102 valence electrons. The summed E-state index contributed by atoms with van der Waals surface area (Å²) in [4.78, 5) is 0. The molecule has 0 unspecified atom stereocenters. The van der Waals surface area contributed by atoms with Crippen LogP contribution in [0.2, 0.25) is 0 Å². The van der Waals surface area contributed by atoms with Gasteiger partial charge in [0.1, 0.15) is 0 Å². The van der Waals surface area contributed by atoms with Crippen molar-refractivity contribution in [3.8, 4) is 0 Å². The zero-order valence-corrected chi connectivity index (χ0v) is 11.9. The molecular weight excluding hydrogens is 216 g/mol. The van der Waals surface area contributed by atoms with E-state index < -0.39 is 5.79 Å². The van der Waals surface area contributed by atoms with Crippen LogP contribution in [0.3, 0.4) is 0 Å². The van der Waals surface area contributed by atoms with Crippen molar-refractivity contribution in [3.63, 3.8) is 0 Å². The zero-order valence-electron chi connectivity index (χ0n) is 11.9. The maximum Gasteiger partial charge on any atom is 0.163 e. The molecule has 3 heteroatoms. The molecule has 0 spiro atoms. The van der Waals surface area contributed by atoms with Gasteiger partial charge in [-0.2, -0.15) is 0 Å². The second-order valence-corrected chi connectivity index (χ2v) is 6.09.